The van der Waals surface area contributed by atoms with Gasteiger partial charge in [0, 0.05) is 18.3 Å². The molecule has 5 nitrogen and oxygen atoms in total. The first-order valence-corrected chi connectivity index (χ1v) is 13.3. The van der Waals surface area contributed by atoms with Gasteiger partial charge in [-0.2, -0.15) is 0 Å². The molecule has 0 radical (unpaired) electrons. The number of hydrogen-bond acceptors (Lipinski definition) is 4. The zero-order valence-corrected chi connectivity index (χ0v) is 21.5. The van der Waals surface area contributed by atoms with Crippen molar-refractivity contribution in [3.05, 3.63) is 94.5 Å². The Morgan fingerprint density at radius 1 is 0.865 bits per heavy atom. The largest absolute Gasteiger partial charge is 0.448 e. The number of hydrogen-bond donors (Lipinski definition) is 0. The average Bonchev–Trinajstić information content (AvgIpc) is 3.23. The summed E-state index contributed by atoms with van der Waals surface area (Å²) in [5.74, 6) is 0.235. The molecule has 1 amide bonds. The van der Waals surface area contributed by atoms with E-state index < -0.39 is 0 Å². The van der Waals surface area contributed by atoms with Gasteiger partial charge in [0.1, 0.15) is 12.4 Å². The molecule has 37 heavy (non-hydrogen) atoms. The van der Waals surface area contributed by atoms with Crippen LogP contribution in [0.3, 0.4) is 0 Å². The molecule has 0 saturated carbocycles. The molecule has 1 aliphatic carbocycles. The van der Waals surface area contributed by atoms with Gasteiger partial charge < -0.3 is 9.47 Å². The van der Waals surface area contributed by atoms with Gasteiger partial charge in [0.15, 0.2) is 0 Å². The number of carbonyl (C=O) groups excluding carboxylic acids is 2. The van der Waals surface area contributed by atoms with E-state index in [0.29, 0.717) is 39.1 Å². The summed E-state index contributed by atoms with van der Waals surface area (Å²) in [5, 5.41) is 0. The van der Waals surface area contributed by atoms with Gasteiger partial charge in [0.05, 0.1) is 25.3 Å². The van der Waals surface area contributed by atoms with Crippen molar-refractivity contribution in [3.8, 4) is 11.1 Å². The standard InChI is InChI=1S/C32H33NO4/c1-20-8-7-9-22(21(20)2)16-31(34)23-14-24-17-36-18-25(15-23)33(24)32(35)37-19-30-28-12-5-3-10-26(28)27-11-4-6-13-29(27)30/h3-13,23-25,30H,14-19H2,1-2H3. The van der Waals surface area contributed by atoms with Crippen LogP contribution in [0.25, 0.3) is 11.1 Å². The van der Waals surface area contributed by atoms with E-state index >= 15 is 0 Å². The smallest absolute Gasteiger partial charge is 0.410 e. The lowest BCUT2D eigenvalue weighted by molar-refractivity contribution is -0.130. The number of fused-ring (bicyclic) bond motifs is 5. The summed E-state index contributed by atoms with van der Waals surface area (Å²) >= 11 is 0. The van der Waals surface area contributed by atoms with Crippen LogP contribution >= 0.6 is 0 Å². The number of nitrogens with zero attached hydrogens (tertiary/aromatic N) is 1. The summed E-state index contributed by atoms with van der Waals surface area (Å²) in [6.45, 7) is 5.37. The lowest BCUT2D eigenvalue weighted by atomic mass is 9.80. The zero-order valence-electron chi connectivity index (χ0n) is 21.5. The second-order valence-electron chi connectivity index (χ2n) is 10.7. The van der Waals surface area contributed by atoms with E-state index in [1.807, 2.05) is 23.1 Å². The van der Waals surface area contributed by atoms with Gasteiger partial charge in [-0.15, -0.1) is 0 Å². The third kappa shape index (κ3) is 4.36. The Bertz CT molecular complexity index is 1290. The molecular formula is C32H33NO4. The number of Topliss-reactive ketones (excluding diaryl/α,β-unsaturated/α-hetero) is 1. The molecule has 3 aromatic rings. The van der Waals surface area contributed by atoms with E-state index in [-0.39, 0.29) is 35.8 Å². The van der Waals surface area contributed by atoms with Crippen LogP contribution in [0.1, 0.15) is 46.6 Å². The number of aryl methyl sites for hydroxylation is 1. The van der Waals surface area contributed by atoms with Crippen LogP contribution in [0.15, 0.2) is 66.7 Å². The normalized spacial score (nSPS) is 22.3. The van der Waals surface area contributed by atoms with Crippen LogP contribution < -0.4 is 0 Å². The van der Waals surface area contributed by atoms with Gasteiger partial charge in [-0.25, -0.2) is 4.79 Å². The van der Waals surface area contributed by atoms with Crippen molar-refractivity contribution >= 4 is 11.9 Å². The maximum absolute atomic E-state index is 13.4. The minimum atomic E-state index is -0.291. The summed E-state index contributed by atoms with van der Waals surface area (Å²) in [6, 6.07) is 22.6. The Morgan fingerprint density at radius 3 is 2.14 bits per heavy atom. The molecule has 2 unspecified atom stereocenters. The van der Waals surface area contributed by atoms with Crippen LogP contribution in [-0.2, 0) is 20.7 Å². The third-order valence-electron chi connectivity index (χ3n) is 8.60. The van der Waals surface area contributed by atoms with Crippen LogP contribution in [-0.4, -0.2) is 48.7 Å². The fraction of sp³-hybridized carbons (Fsp3) is 0.375. The fourth-order valence-electron chi connectivity index (χ4n) is 6.48. The van der Waals surface area contributed by atoms with Gasteiger partial charge in [0.25, 0.3) is 0 Å². The van der Waals surface area contributed by atoms with E-state index in [1.54, 1.807) is 0 Å². The van der Waals surface area contributed by atoms with E-state index in [9.17, 15) is 9.59 Å². The number of amides is 1. The highest BCUT2D eigenvalue weighted by molar-refractivity contribution is 5.84. The monoisotopic (exact) mass is 495 g/mol. The first-order chi connectivity index (χ1) is 18.0. The summed E-state index contributed by atoms with van der Waals surface area (Å²) in [6.07, 6.45) is 1.42. The molecule has 2 aliphatic heterocycles. The van der Waals surface area contributed by atoms with Crippen LogP contribution in [0, 0.1) is 19.8 Å². The number of ether oxygens (including phenoxy) is 2. The van der Waals surface area contributed by atoms with E-state index in [0.717, 1.165) is 5.56 Å². The Kier molecular flexibility index (Phi) is 6.33. The number of carbonyl (C=O) groups is 2. The molecule has 5 heteroatoms. The maximum Gasteiger partial charge on any atom is 0.410 e. The molecule has 0 N–H and O–H groups in total. The minimum Gasteiger partial charge on any atom is -0.448 e. The molecule has 2 atom stereocenters. The van der Waals surface area contributed by atoms with Crippen molar-refractivity contribution in [2.45, 2.75) is 51.1 Å². The highest BCUT2D eigenvalue weighted by Gasteiger charge is 2.44. The third-order valence-corrected chi connectivity index (χ3v) is 8.60. The molecule has 2 saturated heterocycles. The predicted octanol–water partition coefficient (Wildman–Crippen LogP) is 5.84. The Balaban J connectivity index is 1.14. The van der Waals surface area contributed by atoms with E-state index in [2.05, 4.69) is 62.4 Å². The highest BCUT2D eigenvalue weighted by Crippen LogP contribution is 2.44. The Labute approximate surface area is 218 Å². The Hall–Kier alpha value is -3.44. The lowest BCUT2D eigenvalue weighted by Gasteiger charge is -2.47. The van der Waals surface area contributed by atoms with Gasteiger partial charge in [-0.1, -0.05) is 66.7 Å². The average molecular weight is 496 g/mol. The van der Waals surface area contributed by atoms with Gasteiger partial charge in [-0.05, 0) is 65.6 Å². The zero-order chi connectivity index (χ0) is 25.5. The fourth-order valence-corrected chi connectivity index (χ4v) is 6.48. The lowest BCUT2D eigenvalue weighted by Crippen LogP contribution is -2.60. The molecule has 3 aromatic carbocycles. The van der Waals surface area contributed by atoms with Crippen LogP contribution in [0.5, 0.6) is 0 Å². The summed E-state index contributed by atoms with van der Waals surface area (Å²) in [4.78, 5) is 28.6. The molecule has 2 heterocycles. The Morgan fingerprint density at radius 2 is 1.49 bits per heavy atom. The van der Waals surface area contributed by atoms with Crippen LogP contribution in [0.4, 0.5) is 4.79 Å². The molecule has 0 spiro atoms. The molecule has 2 fully saturated rings. The molecule has 0 aromatic heterocycles. The summed E-state index contributed by atoms with van der Waals surface area (Å²) < 4.78 is 11.8. The number of piperidine rings is 1. The molecule has 6 rings (SSSR count). The van der Waals surface area contributed by atoms with Crippen molar-refractivity contribution in [1.29, 1.82) is 0 Å². The van der Waals surface area contributed by atoms with Crippen molar-refractivity contribution < 1.29 is 19.1 Å². The predicted molar refractivity (Wildman–Crippen MR) is 143 cm³/mol. The number of rotatable bonds is 5. The topological polar surface area (TPSA) is 55.8 Å². The first kappa shape index (κ1) is 23.9. The van der Waals surface area contributed by atoms with Gasteiger partial charge >= 0.3 is 6.09 Å². The van der Waals surface area contributed by atoms with E-state index in [4.69, 9.17) is 9.47 Å². The number of ketones is 1. The first-order valence-electron chi connectivity index (χ1n) is 13.3. The summed E-state index contributed by atoms with van der Waals surface area (Å²) in [5.41, 5.74) is 8.34. The van der Waals surface area contributed by atoms with Crippen molar-refractivity contribution in [2.24, 2.45) is 5.92 Å². The SMILES string of the molecule is Cc1cccc(CC(=O)C2CC3COCC(C2)N3C(=O)OCC2c3ccccc3-c3ccccc32)c1C. The second-order valence-corrected chi connectivity index (χ2v) is 10.7. The highest BCUT2D eigenvalue weighted by atomic mass is 16.6. The van der Waals surface area contributed by atoms with Gasteiger partial charge in [0.2, 0.25) is 0 Å². The number of benzene rings is 3. The molecular weight excluding hydrogens is 462 g/mol. The maximum atomic E-state index is 13.4. The van der Waals surface area contributed by atoms with Crippen molar-refractivity contribution in [2.75, 3.05) is 19.8 Å². The molecule has 190 valence electrons. The van der Waals surface area contributed by atoms with E-state index in [1.165, 1.54) is 33.4 Å². The molecule has 3 aliphatic rings. The second kappa shape index (κ2) is 9.79. The van der Waals surface area contributed by atoms with Gasteiger partial charge in [-0.3, -0.25) is 9.69 Å². The molecule has 2 bridgehead atoms. The number of morpholine rings is 1. The van der Waals surface area contributed by atoms with Crippen molar-refractivity contribution in [1.82, 2.24) is 4.90 Å². The quantitative estimate of drug-likeness (QED) is 0.446. The minimum absolute atomic E-state index is 0.0316. The summed E-state index contributed by atoms with van der Waals surface area (Å²) in [7, 11) is 0. The van der Waals surface area contributed by atoms with Crippen molar-refractivity contribution in [3.63, 3.8) is 0 Å². The van der Waals surface area contributed by atoms with Crippen LogP contribution in [0.2, 0.25) is 0 Å².